The number of nitrogens with two attached hydrogens (primary N) is 1. The van der Waals surface area contributed by atoms with E-state index in [1.54, 1.807) is 17.0 Å². The van der Waals surface area contributed by atoms with E-state index in [1.807, 2.05) is 4.90 Å². The number of nitrogens with one attached hydrogen (secondary N) is 2. The Balaban J connectivity index is 1.07. The van der Waals surface area contributed by atoms with Crippen molar-refractivity contribution in [3.05, 3.63) is 82.9 Å². The molecule has 2 fully saturated rings. The van der Waals surface area contributed by atoms with Crippen molar-refractivity contribution in [3.8, 4) is 22.5 Å². The van der Waals surface area contributed by atoms with Crippen LogP contribution in [-0.4, -0.2) is 112 Å². The number of halogens is 3. The van der Waals surface area contributed by atoms with E-state index < -0.39 is 23.4 Å². The van der Waals surface area contributed by atoms with Crippen LogP contribution in [0.15, 0.2) is 54.9 Å². The van der Waals surface area contributed by atoms with E-state index >= 15 is 8.78 Å². The summed E-state index contributed by atoms with van der Waals surface area (Å²) in [5.74, 6) is -3.49. The third kappa shape index (κ3) is 8.37. The van der Waals surface area contributed by atoms with Gasteiger partial charge in [-0.15, -0.1) is 0 Å². The highest BCUT2D eigenvalue weighted by Crippen LogP contribution is 2.32. The molecular weight excluding hydrogens is 720 g/mol. The number of imidazole rings is 1. The standard InChI is InChI=1S/C38H42ClF2N9O4/c1-47-31(28-8-7-27(33(40)34(28)41)30-9-5-25(21-44-30)43-13-10-32(42)51)22-45-35(47)36(52)46-24-4-6-26(29(39)20-24)38(54)49-16-14-48(15-17-49)37(53)23-11-18-50(2,3)19-12-23/h4-9,20-23H,10-19H2,1-3H3,(H3-,42,43,46,51,52,54)/p+1. The van der Waals surface area contributed by atoms with E-state index in [-0.39, 0.29) is 63.1 Å². The Bertz CT molecular complexity index is 2070. The zero-order valence-corrected chi connectivity index (χ0v) is 31.1. The molecule has 2 saturated heterocycles. The zero-order chi connectivity index (χ0) is 38.7. The number of nitrogens with zero attached hydrogens (tertiary/aromatic N) is 6. The molecule has 2 aliphatic heterocycles. The molecule has 4 aromatic rings. The summed E-state index contributed by atoms with van der Waals surface area (Å²) < 4.78 is 33.1. The normalized spacial score (nSPS) is 15.9. The van der Waals surface area contributed by atoms with Crippen molar-refractivity contribution in [1.82, 2.24) is 24.3 Å². The first-order valence-corrected chi connectivity index (χ1v) is 18.1. The molecule has 0 bridgehead atoms. The predicted molar refractivity (Wildman–Crippen MR) is 201 cm³/mol. The molecule has 284 valence electrons. The lowest BCUT2D eigenvalue weighted by molar-refractivity contribution is -0.895. The Morgan fingerprint density at radius 2 is 1.54 bits per heavy atom. The number of amides is 4. The minimum Gasteiger partial charge on any atom is -0.383 e. The molecule has 0 radical (unpaired) electrons. The predicted octanol–water partition coefficient (Wildman–Crippen LogP) is 4.39. The molecule has 2 aliphatic rings. The maximum Gasteiger partial charge on any atom is 0.291 e. The van der Waals surface area contributed by atoms with Gasteiger partial charge >= 0.3 is 0 Å². The number of quaternary nitrogens is 1. The number of hydrogen-bond acceptors (Lipinski definition) is 7. The van der Waals surface area contributed by atoms with Crippen LogP contribution in [0.1, 0.15) is 40.2 Å². The minimum atomic E-state index is -1.14. The third-order valence-corrected chi connectivity index (χ3v) is 10.5. The van der Waals surface area contributed by atoms with Gasteiger partial charge in [0.2, 0.25) is 11.8 Å². The van der Waals surface area contributed by atoms with Crippen molar-refractivity contribution >= 4 is 46.6 Å². The van der Waals surface area contributed by atoms with Gasteiger partial charge in [0.15, 0.2) is 17.5 Å². The SMILES string of the molecule is Cn1c(-c2ccc(-c3ccc(NCCC(N)=O)cn3)c(F)c2F)cnc1C(=O)Nc1ccc(C(=O)N2CCN(C(=O)C3CC[N+](C)(C)CC3)CC2)c(Cl)c1. The van der Waals surface area contributed by atoms with Gasteiger partial charge in [-0.05, 0) is 42.5 Å². The number of anilines is 2. The lowest BCUT2D eigenvalue weighted by Gasteiger charge is -2.40. The molecule has 4 amide bonds. The highest BCUT2D eigenvalue weighted by Gasteiger charge is 2.35. The molecule has 0 saturated carbocycles. The van der Waals surface area contributed by atoms with Crippen molar-refractivity contribution in [1.29, 1.82) is 0 Å². The Labute approximate surface area is 316 Å². The van der Waals surface area contributed by atoms with Crippen LogP contribution in [0, 0.1) is 17.6 Å². The second-order valence-corrected chi connectivity index (χ2v) is 14.7. The number of carbonyl (C=O) groups excluding carboxylic acids is 4. The van der Waals surface area contributed by atoms with Crippen LogP contribution in [0.2, 0.25) is 5.02 Å². The van der Waals surface area contributed by atoms with Gasteiger partial charge in [-0.2, -0.15) is 0 Å². The lowest BCUT2D eigenvalue weighted by Crippen LogP contribution is -2.54. The number of piperidine rings is 1. The van der Waals surface area contributed by atoms with Gasteiger partial charge in [0.25, 0.3) is 11.8 Å². The van der Waals surface area contributed by atoms with Gasteiger partial charge in [-0.25, -0.2) is 13.8 Å². The van der Waals surface area contributed by atoms with E-state index in [0.29, 0.717) is 44.1 Å². The number of primary amides is 1. The van der Waals surface area contributed by atoms with E-state index in [1.165, 1.54) is 54.3 Å². The van der Waals surface area contributed by atoms with Crippen LogP contribution in [0.25, 0.3) is 22.5 Å². The fourth-order valence-electron chi connectivity index (χ4n) is 6.83. The molecule has 16 heteroatoms. The van der Waals surface area contributed by atoms with Crippen LogP contribution in [0.4, 0.5) is 20.2 Å². The summed E-state index contributed by atoms with van der Waals surface area (Å²) in [6.45, 7) is 3.96. The van der Waals surface area contributed by atoms with Crippen LogP contribution >= 0.6 is 11.6 Å². The molecule has 0 spiro atoms. The zero-order valence-electron chi connectivity index (χ0n) is 30.4. The second kappa shape index (κ2) is 15.9. The Kier molecular flexibility index (Phi) is 11.3. The molecular formula is C38H43ClF2N9O4+. The number of pyridine rings is 1. The fourth-order valence-corrected chi connectivity index (χ4v) is 7.09. The number of aromatic nitrogens is 3. The van der Waals surface area contributed by atoms with Gasteiger partial charge in [0, 0.05) is 81.8 Å². The lowest BCUT2D eigenvalue weighted by atomic mass is 9.94. The summed E-state index contributed by atoms with van der Waals surface area (Å²) in [6.07, 6.45) is 4.58. The van der Waals surface area contributed by atoms with Crippen molar-refractivity contribution in [3.63, 3.8) is 0 Å². The molecule has 2 aromatic carbocycles. The van der Waals surface area contributed by atoms with Gasteiger partial charge in [-0.3, -0.25) is 24.2 Å². The number of likely N-dealkylation sites (tertiary alicyclic amines) is 1. The summed E-state index contributed by atoms with van der Waals surface area (Å²) in [6, 6.07) is 10.5. The summed E-state index contributed by atoms with van der Waals surface area (Å²) in [7, 11) is 5.87. The highest BCUT2D eigenvalue weighted by atomic mass is 35.5. The largest absolute Gasteiger partial charge is 0.383 e. The first kappa shape index (κ1) is 38.3. The van der Waals surface area contributed by atoms with Crippen molar-refractivity contribution in [2.45, 2.75) is 19.3 Å². The van der Waals surface area contributed by atoms with Crippen LogP contribution in [0.5, 0.6) is 0 Å². The summed E-state index contributed by atoms with van der Waals surface area (Å²) in [5, 5.41) is 5.82. The number of hydrogen-bond donors (Lipinski definition) is 3. The minimum absolute atomic E-state index is 0.0308. The Morgan fingerprint density at radius 3 is 2.19 bits per heavy atom. The Hall–Kier alpha value is -5.41. The molecule has 2 aromatic heterocycles. The highest BCUT2D eigenvalue weighted by molar-refractivity contribution is 6.34. The summed E-state index contributed by atoms with van der Waals surface area (Å²) >= 11 is 6.53. The van der Waals surface area contributed by atoms with Gasteiger partial charge in [0.05, 0.1) is 67.2 Å². The van der Waals surface area contributed by atoms with Crippen molar-refractivity contribution in [2.75, 3.05) is 70.5 Å². The van der Waals surface area contributed by atoms with Crippen LogP contribution in [0.3, 0.4) is 0 Å². The van der Waals surface area contributed by atoms with Gasteiger partial charge in [0.1, 0.15) is 0 Å². The summed E-state index contributed by atoms with van der Waals surface area (Å²) in [4.78, 5) is 62.6. The van der Waals surface area contributed by atoms with E-state index in [4.69, 9.17) is 17.3 Å². The molecule has 0 atom stereocenters. The topological polar surface area (TPSA) is 156 Å². The number of rotatable bonds is 10. The molecule has 54 heavy (non-hydrogen) atoms. The van der Waals surface area contributed by atoms with Crippen molar-refractivity contribution < 1.29 is 32.4 Å². The van der Waals surface area contributed by atoms with E-state index in [0.717, 1.165) is 30.4 Å². The van der Waals surface area contributed by atoms with Crippen LogP contribution < -0.4 is 16.4 Å². The first-order valence-electron chi connectivity index (χ1n) is 17.7. The molecule has 0 aliphatic carbocycles. The van der Waals surface area contributed by atoms with E-state index in [2.05, 4.69) is 34.7 Å². The van der Waals surface area contributed by atoms with Crippen LogP contribution in [-0.2, 0) is 16.6 Å². The monoisotopic (exact) mass is 762 g/mol. The summed E-state index contributed by atoms with van der Waals surface area (Å²) in [5.41, 5.74) is 6.49. The number of benzene rings is 2. The third-order valence-electron chi connectivity index (χ3n) is 10.1. The first-order chi connectivity index (χ1) is 25.7. The molecule has 4 heterocycles. The molecule has 4 N–H and O–H groups in total. The maximum atomic E-state index is 15.5. The smallest absolute Gasteiger partial charge is 0.291 e. The maximum absolute atomic E-state index is 15.5. The second-order valence-electron chi connectivity index (χ2n) is 14.3. The van der Waals surface area contributed by atoms with Crippen molar-refractivity contribution in [2.24, 2.45) is 18.7 Å². The van der Waals surface area contributed by atoms with E-state index in [9.17, 15) is 19.2 Å². The van der Waals surface area contributed by atoms with Gasteiger partial charge < -0.3 is 35.2 Å². The molecule has 13 nitrogen and oxygen atoms in total. The average molecular weight is 763 g/mol. The van der Waals surface area contributed by atoms with Gasteiger partial charge in [-0.1, -0.05) is 11.6 Å². The number of piperazine rings is 1. The quantitative estimate of drug-likeness (QED) is 0.203. The molecule has 6 rings (SSSR count). The Morgan fingerprint density at radius 1 is 0.889 bits per heavy atom. The number of carbonyl (C=O) groups is 4. The average Bonchev–Trinajstić information content (AvgIpc) is 3.53. The fraction of sp³-hybridized carbons (Fsp3) is 0.368. The molecule has 0 unspecified atom stereocenters.